The van der Waals surface area contributed by atoms with E-state index < -0.39 is 12.0 Å². The Balaban J connectivity index is 2.15. The SMILES string of the molecule is CCNC(=O)C1COCCN1C(C)c1ccc(C(=O)O)o1. The minimum absolute atomic E-state index is 0.0888. The first-order chi connectivity index (χ1) is 10.0. The van der Waals surface area contributed by atoms with E-state index in [-0.39, 0.29) is 17.7 Å². The number of hydrogen-bond acceptors (Lipinski definition) is 5. The summed E-state index contributed by atoms with van der Waals surface area (Å²) in [5, 5.41) is 11.7. The fraction of sp³-hybridized carbons (Fsp3) is 0.571. The predicted molar refractivity (Wildman–Crippen MR) is 74.1 cm³/mol. The number of aromatic carboxylic acids is 1. The lowest BCUT2D eigenvalue weighted by atomic mass is 10.1. The highest BCUT2D eigenvalue weighted by atomic mass is 16.5. The highest BCUT2D eigenvalue weighted by Gasteiger charge is 2.34. The van der Waals surface area contributed by atoms with Gasteiger partial charge in [0.25, 0.3) is 0 Å². The van der Waals surface area contributed by atoms with E-state index in [1.165, 1.54) is 6.07 Å². The van der Waals surface area contributed by atoms with Crippen LogP contribution in [0.15, 0.2) is 16.5 Å². The molecule has 21 heavy (non-hydrogen) atoms. The van der Waals surface area contributed by atoms with Crippen molar-refractivity contribution >= 4 is 11.9 Å². The lowest BCUT2D eigenvalue weighted by molar-refractivity contribution is -0.134. The lowest BCUT2D eigenvalue weighted by Gasteiger charge is -2.37. The van der Waals surface area contributed by atoms with E-state index >= 15 is 0 Å². The molecule has 1 aromatic rings. The van der Waals surface area contributed by atoms with Gasteiger partial charge in [0.1, 0.15) is 11.8 Å². The van der Waals surface area contributed by atoms with E-state index in [9.17, 15) is 9.59 Å². The van der Waals surface area contributed by atoms with Gasteiger partial charge in [-0.2, -0.15) is 0 Å². The summed E-state index contributed by atoms with van der Waals surface area (Å²) in [6.45, 7) is 5.76. The van der Waals surface area contributed by atoms with Gasteiger partial charge >= 0.3 is 5.97 Å². The fourth-order valence-electron chi connectivity index (χ4n) is 2.45. The number of amides is 1. The molecule has 116 valence electrons. The average Bonchev–Trinajstić information content (AvgIpc) is 2.97. The van der Waals surface area contributed by atoms with Gasteiger partial charge in [-0.05, 0) is 26.0 Å². The van der Waals surface area contributed by atoms with E-state index in [2.05, 4.69) is 5.32 Å². The Bertz CT molecular complexity index is 513. The summed E-state index contributed by atoms with van der Waals surface area (Å²) in [6, 6.07) is 2.47. The van der Waals surface area contributed by atoms with Crippen molar-refractivity contribution in [3.63, 3.8) is 0 Å². The maximum Gasteiger partial charge on any atom is 0.371 e. The maximum atomic E-state index is 12.1. The van der Waals surface area contributed by atoms with E-state index in [0.29, 0.717) is 32.1 Å². The minimum atomic E-state index is -1.10. The molecule has 1 amide bonds. The molecular weight excluding hydrogens is 276 g/mol. The molecule has 1 saturated heterocycles. The second-order valence-electron chi connectivity index (χ2n) is 4.91. The van der Waals surface area contributed by atoms with Crippen molar-refractivity contribution in [2.45, 2.75) is 25.9 Å². The average molecular weight is 296 g/mol. The molecule has 2 N–H and O–H groups in total. The Morgan fingerprint density at radius 2 is 2.29 bits per heavy atom. The van der Waals surface area contributed by atoms with E-state index in [1.54, 1.807) is 6.07 Å². The highest BCUT2D eigenvalue weighted by Crippen LogP contribution is 2.26. The molecule has 0 spiro atoms. The topological polar surface area (TPSA) is 92.0 Å². The number of rotatable bonds is 5. The Hall–Kier alpha value is -1.86. The molecule has 0 saturated carbocycles. The number of furan rings is 1. The highest BCUT2D eigenvalue weighted by molar-refractivity contribution is 5.84. The summed E-state index contributed by atoms with van der Waals surface area (Å²) in [6.07, 6.45) is 0. The summed E-state index contributed by atoms with van der Waals surface area (Å²) >= 11 is 0. The van der Waals surface area contributed by atoms with Crippen LogP contribution in [0.5, 0.6) is 0 Å². The molecule has 0 bridgehead atoms. The van der Waals surface area contributed by atoms with Crippen molar-refractivity contribution < 1.29 is 23.8 Å². The zero-order chi connectivity index (χ0) is 15.4. The molecule has 1 fully saturated rings. The van der Waals surface area contributed by atoms with Gasteiger partial charge in [0.05, 0.1) is 19.3 Å². The summed E-state index contributed by atoms with van der Waals surface area (Å²) in [4.78, 5) is 25.0. The molecule has 0 aliphatic carbocycles. The Morgan fingerprint density at radius 3 is 2.90 bits per heavy atom. The number of carbonyl (C=O) groups excluding carboxylic acids is 1. The second-order valence-corrected chi connectivity index (χ2v) is 4.91. The molecule has 2 atom stereocenters. The zero-order valence-electron chi connectivity index (χ0n) is 12.2. The number of morpholine rings is 1. The number of carboxylic acid groups (broad SMARTS) is 1. The van der Waals surface area contributed by atoms with Crippen LogP contribution in [-0.2, 0) is 9.53 Å². The van der Waals surface area contributed by atoms with Crippen LogP contribution in [0.2, 0.25) is 0 Å². The van der Waals surface area contributed by atoms with Crippen molar-refractivity contribution in [3.8, 4) is 0 Å². The molecule has 2 unspecified atom stereocenters. The third-order valence-corrected chi connectivity index (χ3v) is 3.57. The Kier molecular flexibility index (Phi) is 4.98. The van der Waals surface area contributed by atoms with Crippen LogP contribution < -0.4 is 5.32 Å². The largest absolute Gasteiger partial charge is 0.475 e. The van der Waals surface area contributed by atoms with Crippen LogP contribution in [0.25, 0.3) is 0 Å². The van der Waals surface area contributed by atoms with Gasteiger partial charge in [-0.15, -0.1) is 0 Å². The first-order valence-corrected chi connectivity index (χ1v) is 6.98. The normalized spacial score (nSPS) is 21.0. The van der Waals surface area contributed by atoms with Crippen LogP contribution in [0.4, 0.5) is 0 Å². The van der Waals surface area contributed by atoms with Gasteiger partial charge in [0.2, 0.25) is 11.7 Å². The van der Waals surface area contributed by atoms with Crippen molar-refractivity contribution in [2.24, 2.45) is 0 Å². The number of nitrogens with zero attached hydrogens (tertiary/aromatic N) is 1. The molecule has 1 aliphatic heterocycles. The summed E-state index contributed by atoms with van der Waals surface area (Å²) in [5.41, 5.74) is 0. The van der Waals surface area contributed by atoms with Crippen LogP contribution in [0.1, 0.15) is 36.2 Å². The predicted octanol–water partition coefficient (Wildman–Crippen LogP) is 0.876. The minimum Gasteiger partial charge on any atom is -0.475 e. The van der Waals surface area contributed by atoms with Crippen LogP contribution in [-0.4, -0.2) is 54.2 Å². The first kappa shape index (κ1) is 15.5. The Morgan fingerprint density at radius 1 is 1.52 bits per heavy atom. The summed E-state index contributed by atoms with van der Waals surface area (Å²) in [5.74, 6) is -0.756. The summed E-state index contributed by atoms with van der Waals surface area (Å²) in [7, 11) is 0. The van der Waals surface area contributed by atoms with Gasteiger partial charge in [-0.3, -0.25) is 9.69 Å². The number of carboxylic acids is 1. The molecule has 7 heteroatoms. The van der Waals surface area contributed by atoms with Gasteiger partial charge in [-0.1, -0.05) is 0 Å². The number of hydrogen-bond donors (Lipinski definition) is 2. The third-order valence-electron chi connectivity index (χ3n) is 3.57. The van der Waals surface area contributed by atoms with Gasteiger partial charge in [0.15, 0.2) is 0 Å². The molecule has 2 heterocycles. The van der Waals surface area contributed by atoms with Crippen LogP contribution >= 0.6 is 0 Å². The Labute approximate surface area is 122 Å². The number of likely N-dealkylation sites (N-methyl/N-ethyl adjacent to an activating group) is 1. The zero-order valence-corrected chi connectivity index (χ0v) is 12.2. The lowest BCUT2D eigenvalue weighted by Crippen LogP contribution is -2.54. The van der Waals surface area contributed by atoms with Crippen molar-refractivity contribution in [3.05, 3.63) is 23.7 Å². The van der Waals surface area contributed by atoms with Crippen LogP contribution in [0, 0.1) is 0 Å². The number of ether oxygens (including phenoxy) is 1. The fourth-order valence-corrected chi connectivity index (χ4v) is 2.45. The smallest absolute Gasteiger partial charge is 0.371 e. The molecule has 0 aromatic carbocycles. The molecular formula is C14H20N2O5. The van der Waals surface area contributed by atoms with Gasteiger partial charge in [0, 0.05) is 13.1 Å². The molecule has 2 rings (SSSR count). The van der Waals surface area contributed by atoms with Crippen molar-refractivity contribution in [1.29, 1.82) is 0 Å². The molecule has 1 aliphatic rings. The quantitative estimate of drug-likeness (QED) is 0.838. The van der Waals surface area contributed by atoms with Crippen molar-refractivity contribution in [1.82, 2.24) is 10.2 Å². The molecule has 7 nitrogen and oxygen atoms in total. The third kappa shape index (κ3) is 3.43. The van der Waals surface area contributed by atoms with E-state index in [1.807, 2.05) is 18.7 Å². The number of carbonyl (C=O) groups is 2. The molecule has 1 aromatic heterocycles. The van der Waals surface area contributed by atoms with Crippen molar-refractivity contribution in [2.75, 3.05) is 26.3 Å². The first-order valence-electron chi connectivity index (χ1n) is 6.98. The standard InChI is InChI=1S/C14H20N2O5/c1-3-15-13(17)10-8-20-7-6-16(10)9(2)11-4-5-12(21-11)14(18)19/h4-5,9-10H,3,6-8H2,1-2H3,(H,15,17)(H,18,19). The van der Waals surface area contributed by atoms with E-state index in [0.717, 1.165) is 0 Å². The summed E-state index contributed by atoms with van der Waals surface area (Å²) < 4.78 is 10.7. The van der Waals surface area contributed by atoms with E-state index in [4.69, 9.17) is 14.3 Å². The number of nitrogens with one attached hydrogen (secondary N) is 1. The van der Waals surface area contributed by atoms with Crippen LogP contribution in [0.3, 0.4) is 0 Å². The maximum absolute atomic E-state index is 12.1. The van der Waals surface area contributed by atoms with Gasteiger partial charge in [-0.25, -0.2) is 4.79 Å². The molecule has 0 radical (unpaired) electrons. The monoisotopic (exact) mass is 296 g/mol. The van der Waals surface area contributed by atoms with Gasteiger partial charge < -0.3 is 19.6 Å². The second kappa shape index (κ2) is 6.73.